The molecule has 0 bridgehead atoms. The van der Waals surface area contributed by atoms with Crippen LogP contribution in [0.4, 0.5) is 0 Å². The van der Waals surface area contributed by atoms with Gasteiger partial charge in [0.05, 0.1) is 8.00 Å². The largest absolute Gasteiger partial charge is 0.337 e. The average Bonchev–Trinajstić information content (AvgIpc) is 2.66. The zero-order chi connectivity index (χ0) is 13.1. The Morgan fingerprint density at radius 3 is 2.35 bits per heavy atom. The summed E-state index contributed by atoms with van der Waals surface area (Å²) in [6.07, 6.45) is 5.05. The van der Waals surface area contributed by atoms with Gasteiger partial charge in [-0.2, -0.15) is 5.26 Å². The van der Waals surface area contributed by atoms with Gasteiger partial charge in [0, 0.05) is 13.1 Å². The Bertz CT molecular complexity index is 374. The van der Waals surface area contributed by atoms with Crippen LogP contribution in [0, 0.1) is 11.5 Å². The molecule has 0 radical (unpaired) electrons. The summed E-state index contributed by atoms with van der Waals surface area (Å²) in [7, 11) is 0. The van der Waals surface area contributed by atoms with Crippen LogP contribution in [-0.2, 0) is 0 Å². The second kappa shape index (κ2) is 10.4. The van der Waals surface area contributed by atoms with Gasteiger partial charge < -0.3 is 5.73 Å². The molecule has 1 heterocycles. The number of halogens is 1. The maximum absolute atomic E-state index is 7.10. The average molecular weight is 332 g/mol. The molecule has 3 nitrogen and oxygen atoms in total. The van der Waals surface area contributed by atoms with E-state index in [1.54, 1.807) is 23.3 Å². The van der Waals surface area contributed by atoms with Crippen molar-refractivity contribution in [2.45, 2.75) is 4.21 Å². The van der Waals surface area contributed by atoms with Gasteiger partial charge in [0.1, 0.15) is 0 Å². The van der Waals surface area contributed by atoms with Gasteiger partial charge in [-0.25, -0.2) is 4.31 Å². The van der Waals surface area contributed by atoms with E-state index in [9.17, 15) is 0 Å². The molecule has 0 aliphatic carbocycles. The van der Waals surface area contributed by atoms with Crippen LogP contribution < -0.4 is 5.73 Å². The lowest BCUT2D eigenvalue weighted by Gasteiger charge is -2.15. The molecule has 1 aromatic rings. The van der Waals surface area contributed by atoms with Gasteiger partial charge >= 0.3 is 0 Å². The molecule has 0 fully saturated rings. The molecule has 6 heteroatoms. The summed E-state index contributed by atoms with van der Waals surface area (Å²) in [4.78, 5) is 0. The SMILES string of the molecule is C=CCN(CC=C)Sc1ccc(Br)s1.N#CN. The van der Waals surface area contributed by atoms with E-state index in [-0.39, 0.29) is 0 Å². The maximum Gasteiger partial charge on any atom is 0.173 e. The van der Waals surface area contributed by atoms with Crippen LogP contribution in [0.5, 0.6) is 0 Å². The quantitative estimate of drug-likeness (QED) is 0.374. The predicted octanol–water partition coefficient (Wildman–Crippen LogP) is 3.62. The summed E-state index contributed by atoms with van der Waals surface area (Å²) in [5.74, 6) is 0. The van der Waals surface area contributed by atoms with Gasteiger partial charge in [0.2, 0.25) is 0 Å². The second-order valence-corrected chi connectivity index (χ2v) is 6.56. The fourth-order valence-corrected chi connectivity index (χ4v) is 3.83. The Labute approximate surface area is 119 Å². The lowest BCUT2D eigenvalue weighted by Crippen LogP contribution is -2.14. The van der Waals surface area contributed by atoms with Crippen LogP contribution in [0.2, 0.25) is 0 Å². The third kappa shape index (κ3) is 8.05. The molecule has 0 atom stereocenters. The Morgan fingerprint density at radius 1 is 1.47 bits per heavy atom. The van der Waals surface area contributed by atoms with Gasteiger partial charge in [-0.3, -0.25) is 0 Å². The topological polar surface area (TPSA) is 53.0 Å². The number of thiophene rings is 1. The van der Waals surface area contributed by atoms with E-state index >= 15 is 0 Å². The zero-order valence-electron chi connectivity index (χ0n) is 9.30. The first-order valence-corrected chi connectivity index (χ1v) is 7.06. The Hall–Kier alpha value is -0.740. The van der Waals surface area contributed by atoms with Crippen LogP contribution >= 0.6 is 39.2 Å². The highest BCUT2D eigenvalue weighted by molar-refractivity contribution is 9.11. The summed E-state index contributed by atoms with van der Waals surface area (Å²) in [5, 5.41) is 7.10. The Balaban J connectivity index is 0.000000770. The maximum atomic E-state index is 7.10. The van der Waals surface area contributed by atoms with Crippen LogP contribution in [0.15, 0.2) is 45.4 Å². The van der Waals surface area contributed by atoms with Gasteiger partial charge in [-0.05, 0) is 40.0 Å². The summed E-state index contributed by atoms with van der Waals surface area (Å²) in [5.41, 5.74) is 4.15. The van der Waals surface area contributed by atoms with Crippen molar-refractivity contribution in [2.24, 2.45) is 5.73 Å². The van der Waals surface area contributed by atoms with Crippen molar-refractivity contribution in [3.8, 4) is 6.19 Å². The molecular formula is C11H14BrN3S2. The van der Waals surface area contributed by atoms with E-state index in [0.717, 1.165) is 16.9 Å². The van der Waals surface area contributed by atoms with Crippen molar-refractivity contribution in [2.75, 3.05) is 13.1 Å². The van der Waals surface area contributed by atoms with Gasteiger partial charge in [-0.15, -0.1) is 24.5 Å². The smallest absolute Gasteiger partial charge is 0.173 e. The van der Waals surface area contributed by atoms with E-state index in [0.29, 0.717) is 0 Å². The van der Waals surface area contributed by atoms with Gasteiger partial charge in [-0.1, -0.05) is 12.2 Å². The number of rotatable bonds is 6. The standard InChI is InChI=1S/C10H12BrNS2.CH2N2/c1-3-7-12(8-4-2)14-10-6-5-9(11)13-10;2-1-3/h3-6H,1-2,7-8H2;2H2. The van der Waals surface area contributed by atoms with Gasteiger partial charge in [0.25, 0.3) is 0 Å². The summed E-state index contributed by atoms with van der Waals surface area (Å²) >= 11 is 6.92. The first-order chi connectivity index (χ1) is 8.17. The van der Waals surface area contributed by atoms with E-state index < -0.39 is 0 Å². The first kappa shape index (κ1) is 16.3. The molecule has 0 spiro atoms. The Kier molecular flexibility index (Phi) is 9.96. The molecule has 0 saturated carbocycles. The summed E-state index contributed by atoms with van der Waals surface area (Å²) in [6.45, 7) is 9.20. The zero-order valence-corrected chi connectivity index (χ0v) is 12.5. The number of hydrogen-bond acceptors (Lipinski definition) is 5. The minimum absolute atomic E-state index is 0.867. The first-order valence-electron chi connectivity index (χ1n) is 4.67. The predicted molar refractivity (Wildman–Crippen MR) is 79.6 cm³/mol. The third-order valence-corrected chi connectivity index (χ3v) is 4.20. The van der Waals surface area contributed by atoms with Gasteiger partial charge in [0.15, 0.2) is 6.19 Å². The number of hydrogen-bond donors (Lipinski definition) is 1. The number of nitriles is 1. The summed E-state index contributed by atoms with van der Waals surface area (Å²) < 4.78 is 4.65. The monoisotopic (exact) mass is 331 g/mol. The van der Waals surface area contributed by atoms with E-state index in [1.165, 1.54) is 10.4 Å². The normalized spacial score (nSPS) is 9.00. The van der Waals surface area contributed by atoms with E-state index in [1.807, 2.05) is 12.2 Å². The molecule has 2 N–H and O–H groups in total. The molecule has 0 aliphatic rings. The minimum atomic E-state index is 0.867. The van der Waals surface area contributed by atoms with Crippen LogP contribution in [0.3, 0.4) is 0 Å². The van der Waals surface area contributed by atoms with Crippen molar-refractivity contribution < 1.29 is 0 Å². The number of nitrogens with two attached hydrogens (primary N) is 1. The molecule has 0 aliphatic heterocycles. The Morgan fingerprint density at radius 2 is 2.00 bits per heavy atom. The fourth-order valence-electron chi connectivity index (χ4n) is 0.911. The molecular weight excluding hydrogens is 318 g/mol. The molecule has 1 rings (SSSR count). The highest BCUT2D eigenvalue weighted by Gasteiger charge is 2.05. The third-order valence-electron chi connectivity index (χ3n) is 1.43. The van der Waals surface area contributed by atoms with Crippen molar-refractivity contribution in [3.63, 3.8) is 0 Å². The molecule has 0 amide bonds. The second-order valence-electron chi connectivity index (χ2n) is 2.70. The lowest BCUT2D eigenvalue weighted by atomic mass is 10.5. The van der Waals surface area contributed by atoms with Crippen molar-refractivity contribution in [3.05, 3.63) is 41.2 Å². The summed E-state index contributed by atoms with van der Waals surface area (Å²) in [6, 6.07) is 4.17. The highest BCUT2D eigenvalue weighted by Crippen LogP contribution is 2.32. The molecule has 1 aromatic heterocycles. The lowest BCUT2D eigenvalue weighted by molar-refractivity contribution is 0.580. The van der Waals surface area contributed by atoms with Crippen LogP contribution in [0.1, 0.15) is 0 Å². The van der Waals surface area contributed by atoms with E-state index in [4.69, 9.17) is 5.26 Å². The highest BCUT2D eigenvalue weighted by atomic mass is 79.9. The van der Waals surface area contributed by atoms with Crippen LogP contribution in [-0.4, -0.2) is 17.4 Å². The molecule has 0 saturated heterocycles. The number of nitrogens with zero attached hydrogens (tertiary/aromatic N) is 2. The molecule has 17 heavy (non-hydrogen) atoms. The van der Waals surface area contributed by atoms with E-state index in [2.05, 4.69) is 51.3 Å². The van der Waals surface area contributed by atoms with Crippen LogP contribution in [0.25, 0.3) is 0 Å². The fraction of sp³-hybridized carbons (Fsp3) is 0.182. The molecule has 0 aromatic carbocycles. The van der Waals surface area contributed by atoms with Crippen molar-refractivity contribution in [1.29, 1.82) is 5.26 Å². The molecule has 0 unspecified atom stereocenters. The van der Waals surface area contributed by atoms with Crippen molar-refractivity contribution in [1.82, 2.24) is 4.31 Å². The minimum Gasteiger partial charge on any atom is -0.337 e. The molecule has 92 valence electrons. The van der Waals surface area contributed by atoms with Crippen molar-refractivity contribution >= 4 is 39.2 Å².